The molecule has 1 saturated heterocycles. The topological polar surface area (TPSA) is 55.9 Å². The maximum atomic E-state index is 13.8. The Morgan fingerprint density at radius 3 is 2.06 bits per heavy atom. The van der Waals surface area contributed by atoms with Crippen molar-refractivity contribution in [1.29, 1.82) is 0 Å². The quantitative estimate of drug-likeness (QED) is 0.222. The Morgan fingerprint density at radius 2 is 1.48 bits per heavy atom. The number of nitrogens with zero attached hydrogens (tertiary/aromatic N) is 3. The highest BCUT2D eigenvalue weighted by Crippen LogP contribution is 2.51. The molecule has 6 rings (SSSR count). The molecule has 0 aromatic heterocycles. The van der Waals surface area contributed by atoms with E-state index in [-0.39, 0.29) is 11.9 Å². The molecule has 0 bridgehead atoms. The molecule has 2 aliphatic carbocycles. The highest BCUT2D eigenvalue weighted by atomic mass is 19.4. The lowest BCUT2D eigenvalue weighted by atomic mass is 9.73. The van der Waals surface area contributed by atoms with E-state index in [4.69, 9.17) is 0 Å². The van der Waals surface area contributed by atoms with Gasteiger partial charge in [0.1, 0.15) is 12.0 Å². The summed E-state index contributed by atoms with van der Waals surface area (Å²) in [4.78, 5) is 33.9. The molecule has 3 aliphatic rings. The highest BCUT2D eigenvalue weighted by Gasteiger charge is 2.49. The third kappa shape index (κ3) is 7.02. The van der Waals surface area contributed by atoms with Gasteiger partial charge in [0.05, 0.1) is 0 Å². The molecule has 0 radical (unpaired) electrons. The summed E-state index contributed by atoms with van der Waals surface area (Å²) in [6.45, 7) is 7.11. The van der Waals surface area contributed by atoms with Crippen molar-refractivity contribution in [1.82, 2.24) is 15.1 Å². The average Bonchev–Trinajstić information content (AvgIpc) is 3.40. The number of piperazine rings is 1. The number of nitrogens with one attached hydrogen (secondary N) is 1. The molecule has 1 aliphatic heterocycles. The lowest BCUT2D eigenvalue weighted by molar-refractivity contribution is -0.141. The van der Waals surface area contributed by atoms with Crippen LogP contribution in [0.4, 0.5) is 18.9 Å². The number of hydrogen-bond donors (Lipinski definition) is 1. The van der Waals surface area contributed by atoms with Crippen LogP contribution in [0, 0.1) is 0 Å². The Balaban J connectivity index is 1.08. The van der Waals surface area contributed by atoms with Crippen LogP contribution in [0.15, 0.2) is 85.5 Å². The summed E-state index contributed by atoms with van der Waals surface area (Å²) in [5.41, 5.74) is 3.94. The monoisotopic (exact) mass is 658 g/mol. The number of fused-ring (bicyclic) bond motifs is 3. The molecule has 3 aromatic rings. The van der Waals surface area contributed by atoms with Gasteiger partial charge in [-0.2, -0.15) is 13.2 Å². The summed E-state index contributed by atoms with van der Waals surface area (Å²) in [7, 11) is 0. The zero-order chi connectivity index (χ0) is 33.7. The molecule has 2 amide bonds. The van der Waals surface area contributed by atoms with Crippen LogP contribution >= 0.6 is 0 Å². The van der Waals surface area contributed by atoms with Gasteiger partial charge in [-0.15, -0.1) is 6.58 Å². The largest absolute Gasteiger partial charge is 0.405 e. The smallest absolute Gasteiger partial charge is 0.369 e. The van der Waals surface area contributed by atoms with Crippen LogP contribution in [0.3, 0.4) is 0 Å². The number of hydrogen-bond acceptors (Lipinski definition) is 4. The van der Waals surface area contributed by atoms with E-state index in [1.165, 1.54) is 6.42 Å². The number of amides is 2. The molecule has 0 spiro atoms. The number of carbonyl (C=O) groups excluding carboxylic acids is 2. The van der Waals surface area contributed by atoms with E-state index >= 15 is 0 Å². The van der Waals surface area contributed by atoms with Gasteiger partial charge < -0.3 is 15.1 Å². The lowest BCUT2D eigenvalue weighted by Gasteiger charge is -2.37. The standard InChI is InChI=1S/C39H45F3N4O2/c1-2-22-46(31-11-4-3-5-12-31)36(47)29-17-19-30(20-18-29)45-26-24-44(25-27-45)23-10-21-38(37(48)43-28-39(40,41)42)34-15-8-6-13-32(34)33-14-7-9-16-35(33)38/h2,6-9,13-20,31H,1,3-5,10-12,21-28H2,(H,43,48). The second kappa shape index (κ2) is 14.6. The Labute approximate surface area is 281 Å². The molecular formula is C39H45F3N4O2. The van der Waals surface area contributed by atoms with Gasteiger partial charge in [-0.25, -0.2) is 0 Å². The number of rotatable bonds is 11. The third-order valence-corrected chi connectivity index (χ3v) is 10.4. The van der Waals surface area contributed by atoms with Crippen LogP contribution in [0.1, 0.15) is 66.4 Å². The second-order valence-corrected chi connectivity index (χ2v) is 13.3. The Bertz CT molecular complexity index is 1550. The van der Waals surface area contributed by atoms with E-state index in [1.54, 1.807) is 0 Å². The van der Waals surface area contributed by atoms with Gasteiger partial charge in [-0.1, -0.05) is 73.9 Å². The SMILES string of the molecule is C=CCN(C(=O)c1ccc(N2CCN(CCCC3(C(=O)NCC(F)(F)F)c4ccccc4-c4ccccc43)CC2)cc1)C1CCCCC1. The third-order valence-electron chi connectivity index (χ3n) is 10.4. The number of alkyl halides is 3. The first kappa shape index (κ1) is 33.8. The normalized spacial score (nSPS) is 17.8. The van der Waals surface area contributed by atoms with E-state index in [2.05, 4.69) is 21.7 Å². The van der Waals surface area contributed by atoms with Crippen LogP contribution < -0.4 is 10.2 Å². The highest BCUT2D eigenvalue weighted by molar-refractivity contribution is 6.00. The van der Waals surface area contributed by atoms with Crippen molar-refractivity contribution in [3.8, 4) is 11.1 Å². The van der Waals surface area contributed by atoms with Gasteiger partial charge in [-0.05, 0) is 78.7 Å². The van der Waals surface area contributed by atoms with Crippen molar-refractivity contribution in [3.05, 3.63) is 102 Å². The fourth-order valence-corrected chi connectivity index (χ4v) is 7.99. The predicted molar refractivity (Wildman–Crippen MR) is 184 cm³/mol. The van der Waals surface area contributed by atoms with Gasteiger partial charge in [0.25, 0.3) is 5.91 Å². The Hall–Kier alpha value is -4.11. The van der Waals surface area contributed by atoms with Crippen LogP contribution in [0.5, 0.6) is 0 Å². The summed E-state index contributed by atoms with van der Waals surface area (Å²) < 4.78 is 39.6. The van der Waals surface area contributed by atoms with E-state index in [0.717, 1.165) is 86.3 Å². The number of anilines is 1. The van der Waals surface area contributed by atoms with Crippen molar-refractivity contribution < 1.29 is 22.8 Å². The van der Waals surface area contributed by atoms with Crippen molar-refractivity contribution in [2.24, 2.45) is 0 Å². The first-order valence-electron chi connectivity index (χ1n) is 17.2. The van der Waals surface area contributed by atoms with E-state index in [9.17, 15) is 22.8 Å². The number of halogens is 3. The van der Waals surface area contributed by atoms with Gasteiger partial charge in [0, 0.05) is 50.0 Å². The molecule has 1 saturated carbocycles. The molecule has 3 aromatic carbocycles. The minimum Gasteiger partial charge on any atom is -0.369 e. The zero-order valence-corrected chi connectivity index (χ0v) is 27.5. The van der Waals surface area contributed by atoms with Crippen molar-refractivity contribution in [3.63, 3.8) is 0 Å². The second-order valence-electron chi connectivity index (χ2n) is 13.3. The molecule has 254 valence electrons. The molecule has 9 heteroatoms. The molecule has 1 N–H and O–H groups in total. The van der Waals surface area contributed by atoms with Gasteiger partial charge in [-0.3, -0.25) is 14.5 Å². The van der Waals surface area contributed by atoms with Crippen LogP contribution in [0.25, 0.3) is 11.1 Å². The van der Waals surface area contributed by atoms with E-state index < -0.39 is 24.0 Å². The average molecular weight is 659 g/mol. The molecular weight excluding hydrogens is 613 g/mol. The molecule has 2 fully saturated rings. The fraction of sp³-hybridized carbons (Fsp3) is 0.436. The summed E-state index contributed by atoms with van der Waals surface area (Å²) >= 11 is 0. The minimum atomic E-state index is -4.50. The van der Waals surface area contributed by atoms with Gasteiger partial charge >= 0.3 is 6.18 Å². The predicted octanol–water partition coefficient (Wildman–Crippen LogP) is 7.19. The van der Waals surface area contributed by atoms with E-state index in [0.29, 0.717) is 24.9 Å². The lowest BCUT2D eigenvalue weighted by Crippen LogP contribution is -2.48. The maximum absolute atomic E-state index is 13.8. The number of carbonyl (C=O) groups is 2. The van der Waals surface area contributed by atoms with Gasteiger partial charge in [0.2, 0.25) is 5.91 Å². The first-order valence-corrected chi connectivity index (χ1v) is 17.2. The Morgan fingerprint density at radius 1 is 0.875 bits per heavy atom. The van der Waals surface area contributed by atoms with Crippen LogP contribution in [0.2, 0.25) is 0 Å². The van der Waals surface area contributed by atoms with Crippen molar-refractivity contribution in [2.45, 2.75) is 62.6 Å². The molecule has 1 heterocycles. The summed E-state index contributed by atoms with van der Waals surface area (Å²) in [6.07, 6.45) is 4.04. The maximum Gasteiger partial charge on any atom is 0.405 e. The van der Waals surface area contributed by atoms with Crippen molar-refractivity contribution in [2.75, 3.05) is 50.7 Å². The minimum absolute atomic E-state index is 0.0653. The summed E-state index contributed by atoms with van der Waals surface area (Å²) in [5, 5.41) is 2.23. The molecule has 0 atom stereocenters. The summed E-state index contributed by atoms with van der Waals surface area (Å²) in [6, 6.07) is 23.4. The molecule has 0 unspecified atom stereocenters. The summed E-state index contributed by atoms with van der Waals surface area (Å²) in [5.74, 6) is -0.536. The van der Waals surface area contributed by atoms with Gasteiger partial charge in [0.15, 0.2) is 0 Å². The molecule has 48 heavy (non-hydrogen) atoms. The van der Waals surface area contributed by atoms with E-state index in [1.807, 2.05) is 83.8 Å². The Kier molecular flexibility index (Phi) is 10.2. The fourth-order valence-electron chi connectivity index (χ4n) is 7.99. The van der Waals surface area contributed by atoms with Crippen LogP contribution in [-0.4, -0.2) is 79.6 Å². The zero-order valence-electron chi connectivity index (χ0n) is 27.5. The van der Waals surface area contributed by atoms with Crippen LogP contribution in [-0.2, 0) is 10.2 Å². The molecule has 6 nitrogen and oxygen atoms in total. The number of benzene rings is 3. The first-order chi connectivity index (χ1) is 23.2. The van der Waals surface area contributed by atoms with Crippen molar-refractivity contribution >= 4 is 17.5 Å².